The average molecular weight is 499 g/mol. The zero-order valence-electron chi connectivity index (χ0n) is 19.7. The summed E-state index contributed by atoms with van der Waals surface area (Å²) in [6, 6.07) is 15.9. The third-order valence-electron chi connectivity index (χ3n) is 4.95. The molecule has 0 fully saturated rings. The van der Waals surface area contributed by atoms with E-state index in [1.165, 1.54) is 32.4 Å². The molecule has 0 aliphatic heterocycles. The molecule has 10 heteroatoms. The van der Waals surface area contributed by atoms with Crippen molar-refractivity contribution in [3.63, 3.8) is 0 Å². The van der Waals surface area contributed by atoms with E-state index in [0.29, 0.717) is 28.4 Å². The molecule has 1 amide bonds. The van der Waals surface area contributed by atoms with Crippen molar-refractivity contribution in [3.05, 3.63) is 77.4 Å². The van der Waals surface area contributed by atoms with Crippen LogP contribution in [-0.4, -0.2) is 41.1 Å². The molecule has 0 atom stereocenters. The molecule has 3 aromatic carbocycles. The van der Waals surface area contributed by atoms with Crippen molar-refractivity contribution >= 4 is 33.3 Å². The van der Waals surface area contributed by atoms with Gasteiger partial charge in [0.15, 0.2) is 6.61 Å². The Hall–Kier alpha value is -4.05. The number of ether oxygens (including phenoxy) is 3. The van der Waals surface area contributed by atoms with E-state index in [1.807, 2.05) is 13.0 Å². The maximum absolute atomic E-state index is 12.9. The van der Waals surface area contributed by atoms with Gasteiger partial charge in [-0.1, -0.05) is 18.2 Å². The zero-order valence-corrected chi connectivity index (χ0v) is 20.6. The number of carbonyl (C=O) groups excluding carboxylic acids is 2. The fourth-order valence-corrected chi connectivity index (χ4v) is 4.55. The molecule has 0 radical (unpaired) electrons. The van der Waals surface area contributed by atoms with E-state index in [0.717, 1.165) is 5.56 Å². The van der Waals surface area contributed by atoms with Gasteiger partial charge in [0.1, 0.15) is 11.5 Å². The lowest BCUT2D eigenvalue weighted by atomic mass is 10.1. The molecule has 9 nitrogen and oxygen atoms in total. The molecule has 2 N–H and O–H groups in total. The van der Waals surface area contributed by atoms with Gasteiger partial charge < -0.3 is 19.5 Å². The molecule has 0 aliphatic carbocycles. The largest absolute Gasteiger partial charge is 0.497 e. The Morgan fingerprint density at radius 3 is 2.17 bits per heavy atom. The minimum Gasteiger partial charge on any atom is -0.497 e. The zero-order chi connectivity index (χ0) is 25.6. The van der Waals surface area contributed by atoms with Crippen LogP contribution in [0.3, 0.4) is 0 Å². The molecule has 0 bridgehead atoms. The molecule has 0 saturated heterocycles. The minimum absolute atomic E-state index is 0.00364. The van der Waals surface area contributed by atoms with Crippen LogP contribution in [0.15, 0.2) is 65.6 Å². The summed E-state index contributed by atoms with van der Waals surface area (Å²) in [5.74, 6) is -0.473. The summed E-state index contributed by atoms with van der Waals surface area (Å²) in [6.07, 6.45) is 0. The van der Waals surface area contributed by atoms with E-state index >= 15 is 0 Å². The first kappa shape index (κ1) is 25.6. The Bertz CT molecular complexity index is 1330. The molecule has 0 aliphatic rings. The van der Waals surface area contributed by atoms with Gasteiger partial charge in [-0.3, -0.25) is 9.52 Å². The van der Waals surface area contributed by atoms with Crippen LogP contribution in [0.25, 0.3) is 0 Å². The van der Waals surface area contributed by atoms with Crippen molar-refractivity contribution < 1.29 is 32.2 Å². The number of hydrogen-bond acceptors (Lipinski definition) is 7. The fraction of sp³-hybridized carbons (Fsp3) is 0.200. The normalized spacial score (nSPS) is 10.9. The molecular formula is C25H26N2O7S. The molecule has 0 unspecified atom stereocenters. The topological polar surface area (TPSA) is 120 Å². The van der Waals surface area contributed by atoms with Gasteiger partial charge in [0.25, 0.3) is 15.9 Å². The monoisotopic (exact) mass is 498 g/mol. The molecule has 0 saturated carbocycles. The average Bonchev–Trinajstić information content (AvgIpc) is 2.82. The number of benzene rings is 3. The first-order valence-electron chi connectivity index (χ1n) is 10.5. The van der Waals surface area contributed by atoms with Crippen molar-refractivity contribution in [1.82, 2.24) is 0 Å². The van der Waals surface area contributed by atoms with Gasteiger partial charge in [-0.25, -0.2) is 13.2 Å². The number of methoxy groups -OCH3 is 2. The van der Waals surface area contributed by atoms with Gasteiger partial charge in [0.05, 0.1) is 24.7 Å². The summed E-state index contributed by atoms with van der Waals surface area (Å²) in [4.78, 5) is 24.8. The summed E-state index contributed by atoms with van der Waals surface area (Å²) in [5.41, 5.74) is 2.14. The molecule has 0 aromatic heterocycles. The minimum atomic E-state index is -3.96. The maximum Gasteiger partial charge on any atom is 0.338 e. The Morgan fingerprint density at radius 2 is 1.54 bits per heavy atom. The molecule has 184 valence electrons. The van der Waals surface area contributed by atoms with Crippen molar-refractivity contribution in [2.45, 2.75) is 18.7 Å². The van der Waals surface area contributed by atoms with E-state index in [-0.39, 0.29) is 10.5 Å². The highest BCUT2D eigenvalue weighted by atomic mass is 32.2. The lowest BCUT2D eigenvalue weighted by Gasteiger charge is -2.13. The summed E-state index contributed by atoms with van der Waals surface area (Å²) >= 11 is 0. The van der Waals surface area contributed by atoms with Crippen LogP contribution in [0, 0.1) is 13.8 Å². The van der Waals surface area contributed by atoms with Crippen LogP contribution in [0.5, 0.6) is 11.5 Å². The predicted molar refractivity (Wildman–Crippen MR) is 132 cm³/mol. The van der Waals surface area contributed by atoms with Gasteiger partial charge in [0, 0.05) is 29.6 Å². The number of rotatable bonds is 9. The number of nitrogens with one attached hydrogen (secondary N) is 2. The molecular weight excluding hydrogens is 472 g/mol. The summed E-state index contributed by atoms with van der Waals surface area (Å²) < 4.78 is 43.8. The second-order valence-corrected chi connectivity index (χ2v) is 9.33. The molecule has 3 rings (SSSR count). The lowest BCUT2D eigenvalue weighted by molar-refractivity contribution is -0.119. The summed E-state index contributed by atoms with van der Waals surface area (Å²) in [6.45, 7) is 2.90. The molecule has 0 spiro atoms. The van der Waals surface area contributed by atoms with Crippen LogP contribution in [0.2, 0.25) is 0 Å². The van der Waals surface area contributed by atoms with Gasteiger partial charge in [-0.2, -0.15) is 0 Å². The quantitative estimate of drug-likeness (QED) is 0.429. The van der Waals surface area contributed by atoms with Crippen molar-refractivity contribution in [2.24, 2.45) is 0 Å². The molecule has 3 aromatic rings. The van der Waals surface area contributed by atoms with Gasteiger partial charge >= 0.3 is 5.97 Å². The van der Waals surface area contributed by atoms with Crippen LogP contribution in [0.1, 0.15) is 21.5 Å². The van der Waals surface area contributed by atoms with Gasteiger partial charge in [-0.05, 0) is 49.2 Å². The highest BCUT2D eigenvalue weighted by molar-refractivity contribution is 7.92. The standard InChI is InChI=1S/C25H26N2O7S/c1-16-6-5-7-19(10-16)27-35(30,31)23-11-18(9-8-17(23)2)25(29)34-15-24(28)26-20-12-21(32-3)14-22(13-20)33-4/h5-14,27H,15H2,1-4H3,(H,26,28). The number of anilines is 2. The van der Waals surface area contributed by atoms with Crippen LogP contribution in [0.4, 0.5) is 11.4 Å². The fourth-order valence-electron chi connectivity index (χ4n) is 3.23. The van der Waals surface area contributed by atoms with E-state index < -0.39 is 28.5 Å². The summed E-state index contributed by atoms with van der Waals surface area (Å²) in [5, 5.41) is 2.59. The van der Waals surface area contributed by atoms with Crippen molar-refractivity contribution in [3.8, 4) is 11.5 Å². The Kier molecular flexibility index (Phi) is 7.98. The number of esters is 1. The first-order valence-corrected chi connectivity index (χ1v) is 12.0. The van der Waals surface area contributed by atoms with Gasteiger partial charge in [-0.15, -0.1) is 0 Å². The van der Waals surface area contributed by atoms with E-state index in [4.69, 9.17) is 14.2 Å². The third kappa shape index (κ3) is 6.73. The maximum atomic E-state index is 12.9. The first-order chi connectivity index (χ1) is 16.6. The second-order valence-electron chi connectivity index (χ2n) is 7.68. The van der Waals surface area contributed by atoms with Crippen molar-refractivity contribution in [2.75, 3.05) is 30.9 Å². The number of carbonyl (C=O) groups is 2. The smallest absolute Gasteiger partial charge is 0.338 e. The SMILES string of the molecule is COc1cc(NC(=O)COC(=O)c2ccc(C)c(S(=O)(=O)Nc3cccc(C)c3)c2)cc(OC)c1. The Balaban J connectivity index is 1.69. The molecule has 0 heterocycles. The van der Waals surface area contributed by atoms with Crippen LogP contribution in [-0.2, 0) is 19.6 Å². The third-order valence-corrected chi connectivity index (χ3v) is 6.48. The number of sulfonamides is 1. The van der Waals surface area contributed by atoms with Gasteiger partial charge in [0.2, 0.25) is 0 Å². The number of amides is 1. The highest BCUT2D eigenvalue weighted by Crippen LogP contribution is 2.26. The number of hydrogen-bond donors (Lipinski definition) is 2. The Labute approximate surface area is 204 Å². The summed E-state index contributed by atoms with van der Waals surface area (Å²) in [7, 11) is -1.00. The second kappa shape index (κ2) is 10.9. The van der Waals surface area contributed by atoms with Crippen molar-refractivity contribution in [1.29, 1.82) is 0 Å². The van der Waals surface area contributed by atoms with E-state index in [2.05, 4.69) is 10.0 Å². The van der Waals surface area contributed by atoms with Crippen LogP contribution >= 0.6 is 0 Å². The van der Waals surface area contributed by atoms with E-state index in [1.54, 1.807) is 43.3 Å². The number of aryl methyl sites for hydroxylation is 2. The molecule has 35 heavy (non-hydrogen) atoms. The predicted octanol–water partition coefficient (Wildman–Crippen LogP) is 3.92. The van der Waals surface area contributed by atoms with Crippen LogP contribution < -0.4 is 19.5 Å². The highest BCUT2D eigenvalue weighted by Gasteiger charge is 2.20. The Morgan fingerprint density at radius 1 is 0.857 bits per heavy atom. The van der Waals surface area contributed by atoms with E-state index in [9.17, 15) is 18.0 Å². The lowest BCUT2D eigenvalue weighted by Crippen LogP contribution is -2.21.